The lowest BCUT2D eigenvalue weighted by atomic mass is 10.0. The van der Waals surface area contributed by atoms with Crippen LogP contribution in [-0.2, 0) is 6.54 Å². The Morgan fingerprint density at radius 3 is 2.78 bits per heavy atom. The molecule has 0 bridgehead atoms. The van der Waals surface area contributed by atoms with Crippen molar-refractivity contribution in [3.05, 3.63) is 46.2 Å². The number of benzene rings is 2. The van der Waals surface area contributed by atoms with E-state index in [1.807, 2.05) is 12.1 Å². The third kappa shape index (κ3) is 2.74. The van der Waals surface area contributed by atoms with Crippen LogP contribution in [0.3, 0.4) is 0 Å². The summed E-state index contributed by atoms with van der Waals surface area (Å²) in [6.07, 6.45) is 0. The van der Waals surface area contributed by atoms with Gasteiger partial charge in [0, 0.05) is 37.3 Å². The standard InChI is InChI=1S/C19H21N5O3/c20-6-7-22-12-5-4-11-13(10-21-8-9-25)23-24-14-2-1-3-15(26)17(14)19(27)16(12)18(11)24/h1-5,21-22,25-26H,6-10,20H2. The summed E-state index contributed by atoms with van der Waals surface area (Å²) in [6, 6.07) is 8.74. The molecule has 0 unspecified atom stereocenters. The number of hydrogen-bond acceptors (Lipinski definition) is 7. The van der Waals surface area contributed by atoms with Gasteiger partial charge < -0.3 is 26.6 Å². The quantitative estimate of drug-likeness (QED) is 0.239. The lowest BCUT2D eigenvalue weighted by Crippen LogP contribution is -2.17. The first-order valence-electron chi connectivity index (χ1n) is 8.84. The molecule has 2 aromatic heterocycles. The lowest BCUT2D eigenvalue weighted by Gasteiger charge is -2.11. The highest BCUT2D eigenvalue weighted by Gasteiger charge is 2.21. The summed E-state index contributed by atoms with van der Waals surface area (Å²) in [7, 11) is 0. The monoisotopic (exact) mass is 367 g/mol. The van der Waals surface area contributed by atoms with E-state index < -0.39 is 0 Å². The normalized spacial score (nSPS) is 11.8. The van der Waals surface area contributed by atoms with Crippen LogP contribution >= 0.6 is 0 Å². The molecule has 0 saturated heterocycles. The average Bonchev–Trinajstić information content (AvgIpc) is 3.04. The number of rotatable bonds is 7. The van der Waals surface area contributed by atoms with Crippen LogP contribution in [-0.4, -0.2) is 46.1 Å². The first-order chi connectivity index (χ1) is 13.2. The highest BCUT2D eigenvalue weighted by Crippen LogP contribution is 2.32. The Balaban J connectivity index is 2.08. The van der Waals surface area contributed by atoms with Crippen LogP contribution in [0.1, 0.15) is 5.69 Å². The number of phenolic OH excluding ortho intramolecular Hbond substituents is 1. The van der Waals surface area contributed by atoms with Crippen LogP contribution in [0.25, 0.3) is 27.2 Å². The number of pyridine rings is 1. The summed E-state index contributed by atoms with van der Waals surface area (Å²) in [6.45, 7) is 1.91. The number of phenols is 1. The summed E-state index contributed by atoms with van der Waals surface area (Å²) < 4.78 is 1.71. The third-order valence-electron chi connectivity index (χ3n) is 4.66. The van der Waals surface area contributed by atoms with Gasteiger partial charge in [-0.1, -0.05) is 6.07 Å². The van der Waals surface area contributed by atoms with Crippen LogP contribution in [0.2, 0.25) is 0 Å². The van der Waals surface area contributed by atoms with Crippen LogP contribution in [0, 0.1) is 0 Å². The number of anilines is 1. The fourth-order valence-corrected chi connectivity index (χ4v) is 3.51. The zero-order valence-electron chi connectivity index (χ0n) is 14.7. The van der Waals surface area contributed by atoms with Crippen molar-refractivity contribution in [2.45, 2.75) is 6.54 Å². The van der Waals surface area contributed by atoms with E-state index in [0.29, 0.717) is 48.3 Å². The first-order valence-corrected chi connectivity index (χ1v) is 8.84. The molecule has 6 N–H and O–H groups in total. The van der Waals surface area contributed by atoms with Crippen molar-refractivity contribution in [2.24, 2.45) is 5.73 Å². The zero-order valence-corrected chi connectivity index (χ0v) is 14.7. The minimum absolute atomic E-state index is 0.0340. The second kappa shape index (κ2) is 6.99. The second-order valence-electron chi connectivity index (χ2n) is 6.36. The molecule has 0 amide bonds. The molecule has 2 aromatic carbocycles. The molecular weight excluding hydrogens is 346 g/mol. The molecule has 0 radical (unpaired) electrons. The molecule has 0 spiro atoms. The van der Waals surface area contributed by atoms with E-state index in [9.17, 15) is 9.90 Å². The molecule has 0 aliphatic rings. The molecule has 8 heteroatoms. The van der Waals surface area contributed by atoms with Crippen molar-refractivity contribution in [1.82, 2.24) is 14.9 Å². The fraction of sp³-hybridized carbons (Fsp3) is 0.263. The van der Waals surface area contributed by atoms with Crippen molar-refractivity contribution >= 4 is 32.9 Å². The largest absolute Gasteiger partial charge is 0.507 e. The van der Waals surface area contributed by atoms with Gasteiger partial charge in [0.1, 0.15) is 5.75 Å². The van der Waals surface area contributed by atoms with Crippen molar-refractivity contribution in [2.75, 3.05) is 31.6 Å². The number of aromatic hydroxyl groups is 1. The van der Waals surface area contributed by atoms with Gasteiger partial charge in [-0.2, -0.15) is 5.10 Å². The van der Waals surface area contributed by atoms with Crippen LogP contribution < -0.4 is 21.8 Å². The number of nitrogens with one attached hydrogen (secondary N) is 2. The molecule has 2 heterocycles. The zero-order chi connectivity index (χ0) is 19.0. The molecule has 0 saturated carbocycles. The van der Waals surface area contributed by atoms with Gasteiger partial charge in [0.25, 0.3) is 0 Å². The van der Waals surface area contributed by atoms with Crippen molar-refractivity contribution in [3.8, 4) is 5.75 Å². The summed E-state index contributed by atoms with van der Waals surface area (Å²) in [5.41, 5.74) is 8.07. The fourth-order valence-electron chi connectivity index (χ4n) is 3.51. The van der Waals surface area contributed by atoms with Gasteiger partial charge in [0.15, 0.2) is 0 Å². The molecule has 8 nitrogen and oxygen atoms in total. The van der Waals surface area contributed by atoms with Gasteiger partial charge in [0.05, 0.1) is 34.1 Å². The molecule has 0 aliphatic carbocycles. The minimum atomic E-state index is -0.240. The number of aliphatic hydroxyl groups excluding tert-OH is 1. The summed E-state index contributed by atoms with van der Waals surface area (Å²) in [4.78, 5) is 13.2. The highest BCUT2D eigenvalue weighted by atomic mass is 16.3. The Morgan fingerprint density at radius 2 is 2.00 bits per heavy atom. The predicted octanol–water partition coefficient (Wildman–Crippen LogP) is 0.597. The van der Waals surface area contributed by atoms with Gasteiger partial charge in [-0.25, -0.2) is 4.52 Å². The van der Waals surface area contributed by atoms with E-state index >= 15 is 0 Å². The number of hydrogen-bond donors (Lipinski definition) is 5. The van der Waals surface area contributed by atoms with E-state index in [1.54, 1.807) is 16.6 Å². The van der Waals surface area contributed by atoms with E-state index in [1.165, 1.54) is 6.07 Å². The number of nitrogens with zero attached hydrogens (tertiary/aromatic N) is 2. The Morgan fingerprint density at radius 1 is 1.15 bits per heavy atom. The molecule has 0 fully saturated rings. The van der Waals surface area contributed by atoms with E-state index in [2.05, 4.69) is 15.7 Å². The third-order valence-corrected chi connectivity index (χ3v) is 4.66. The summed E-state index contributed by atoms with van der Waals surface area (Å²) >= 11 is 0. The van der Waals surface area contributed by atoms with Crippen LogP contribution in [0.15, 0.2) is 35.1 Å². The maximum atomic E-state index is 13.2. The summed E-state index contributed by atoms with van der Waals surface area (Å²) in [5, 5.41) is 31.9. The number of fused-ring (bicyclic) bond motifs is 2. The van der Waals surface area contributed by atoms with E-state index in [0.717, 1.165) is 11.1 Å². The van der Waals surface area contributed by atoms with Gasteiger partial charge in [-0.05, 0) is 24.3 Å². The maximum absolute atomic E-state index is 13.2. The maximum Gasteiger partial charge on any atom is 0.203 e. The van der Waals surface area contributed by atoms with Gasteiger partial charge in [-0.15, -0.1) is 0 Å². The Kier molecular flexibility index (Phi) is 4.53. The Hall–Kier alpha value is -2.94. The molecule has 140 valence electrons. The van der Waals surface area contributed by atoms with E-state index in [4.69, 9.17) is 10.8 Å². The topological polar surface area (TPSA) is 125 Å². The molecule has 0 aliphatic heterocycles. The Bertz CT molecular complexity index is 1170. The second-order valence-corrected chi connectivity index (χ2v) is 6.36. The first kappa shape index (κ1) is 17.5. The number of aliphatic hydroxyl groups is 1. The van der Waals surface area contributed by atoms with Crippen molar-refractivity contribution < 1.29 is 10.2 Å². The predicted molar refractivity (Wildman–Crippen MR) is 106 cm³/mol. The average molecular weight is 367 g/mol. The summed E-state index contributed by atoms with van der Waals surface area (Å²) in [5.74, 6) is -0.0691. The molecule has 4 aromatic rings. The van der Waals surface area contributed by atoms with Gasteiger partial charge in [-0.3, -0.25) is 4.79 Å². The smallest absolute Gasteiger partial charge is 0.203 e. The van der Waals surface area contributed by atoms with Crippen molar-refractivity contribution in [3.63, 3.8) is 0 Å². The van der Waals surface area contributed by atoms with E-state index in [-0.39, 0.29) is 23.2 Å². The molecule has 4 rings (SSSR count). The van der Waals surface area contributed by atoms with Gasteiger partial charge in [0.2, 0.25) is 5.43 Å². The molecule has 0 atom stereocenters. The van der Waals surface area contributed by atoms with Crippen LogP contribution in [0.4, 0.5) is 5.69 Å². The van der Waals surface area contributed by atoms with Crippen molar-refractivity contribution in [1.29, 1.82) is 0 Å². The SMILES string of the molecule is NCCNc1ccc2c(CNCCO)nn3c4cccc(O)c4c(=O)c1c23. The Labute approximate surface area is 154 Å². The van der Waals surface area contributed by atoms with Gasteiger partial charge >= 0.3 is 0 Å². The minimum Gasteiger partial charge on any atom is -0.507 e. The lowest BCUT2D eigenvalue weighted by molar-refractivity contribution is 0.291. The molecule has 27 heavy (non-hydrogen) atoms. The number of aromatic nitrogens is 2. The molecular formula is C19H21N5O3. The van der Waals surface area contributed by atoms with Crippen LogP contribution in [0.5, 0.6) is 5.75 Å². The number of nitrogens with two attached hydrogens (primary N) is 1. The highest BCUT2D eigenvalue weighted by molar-refractivity contribution is 6.09.